The van der Waals surface area contributed by atoms with Crippen molar-refractivity contribution in [3.05, 3.63) is 29.8 Å². The van der Waals surface area contributed by atoms with Gasteiger partial charge in [0.2, 0.25) is 5.91 Å². The molecule has 1 rings (SSSR count). The van der Waals surface area contributed by atoms with Crippen LogP contribution in [0.15, 0.2) is 29.4 Å². The van der Waals surface area contributed by atoms with Crippen molar-refractivity contribution in [2.75, 3.05) is 19.0 Å². The van der Waals surface area contributed by atoms with E-state index in [2.05, 4.69) is 17.5 Å². The Kier molecular flexibility index (Phi) is 5.91. The van der Waals surface area contributed by atoms with Crippen LogP contribution in [0.4, 0.5) is 5.69 Å². The van der Waals surface area contributed by atoms with E-state index >= 15 is 0 Å². The number of amides is 1. The Morgan fingerprint density at radius 2 is 2.00 bits per heavy atom. The van der Waals surface area contributed by atoms with Gasteiger partial charge in [-0.2, -0.15) is 5.10 Å². The van der Waals surface area contributed by atoms with E-state index in [1.807, 2.05) is 43.3 Å². The fourth-order valence-corrected chi connectivity index (χ4v) is 1.43. The topological polar surface area (TPSA) is 44.7 Å². The van der Waals surface area contributed by atoms with Crippen LogP contribution in [0.2, 0.25) is 0 Å². The molecule has 98 valence electrons. The highest BCUT2D eigenvalue weighted by Gasteiger charge is 1.97. The van der Waals surface area contributed by atoms with E-state index in [1.165, 1.54) is 0 Å². The molecule has 0 radical (unpaired) electrons. The van der Waals surface area contributed by atoms with E-state index in [0.29, 0.717) is 6.42 Å². The molecule has 0 atom stereocenters. The fraction of sp³-hybridized carbons (Fsp3) is 0.429. The predicted molar refractivity (Wildman–Crippen MR) is 76.0 cm³/mol. The lowest BCUT2D eigenvalue weighted by Gasteiger charge is -2.11. The minimum atomic E-state index is -0.0296. The van der Waals surface area contributed by atoms with Gasteiger partial charge in [0.05, 0.1) is 6.21 Å². The summed E-state index contributed by atoms with van der Waals surface area (Å²) in [7, 11) is 3.99. The van der Waals surface area contributed by atoms with Gasteiger partial charge < -0.3 is 4.90 Å². The molecule has 0 bridgehead atoms. The first-order chi connectivity index (χ1) is 8.63. The molecule has 0 aliphatic heterocycles. The van der Waals surface area contributed by atoms with E-state index < -0.39 is 0 Å². The van der Waals surface area contributed by atoms with Crippen LogP contribution in [0, 0.1) is 0 Å². The molecule has 0 aromatic heterocycles. The maximum atomic E-state index is 11.3. The summed E-state index contributed by atoms with van der Waals surface area (Å²) in [4.78, 5) is 13.3. The molecule has 0 fully saturated rings. The predicted octanol–water partition coefficient (Wildman–Crippen LogP) is 2.39. The summed E-state index contributed by atoms with van der Waals surface area (Å²) in [5, 5.41) is 3.93. The minimum absolute atomic E-state index is 0.0296. The monoisotopic (exact) mass is 247 g/mol. The van der Waals surface area contributed by atoms with Gasteiger partial charge in [-0.3, -0.25) is 4.79 Å². The second-order valence-electron chi connectivity index (χ2n) is 4.38. The van der Waals surface area contributed by atoms with Crippen molar-refractivity contribution in [1.29, 1.82) is 0 Å². The molecule has 1 aromatic rings. The van der Waals surface area contributed by atoms with Gasteiger partial charge in [-0.15, -0.1) is 0 Å². The average molecular weight is 247 g/mol. The van der Waals surface area contributed by atoms with Gasteiger partial charge in [0.15, 0.2) is 0 Å². The molecule has 1 amide bonds. The third-order valence-electron chi connectivity index (χ3n) is 2.57. The van der Waals surface area contributed by atoms with Crippen LogP contribution in [-0.4, -0.2) is 26.2 Å². The molecular weight excluding hydrogens is 226 g/mol. The summed E-state index contributed by atoms with van der Waals surface area (Å²) in [5.41, 5.74) is 4.63. The Morgan fingerprint density at radius 3 is 2.56 bits per heavy atom. The largest absolute Gasteiger partial charge is 0.378 e. The van der Waals surface area contributed by atoms with Crippen LogP contribution in [0.1, 0.15) is 31.7 Å². The first kappa shape index (κ1) is 14.2. The number of anilines is 1. The third-order valence-corrected chi connectivity index (χ3v) is 2.57. The molecule has 0 heterocycles. The highest BCUT2D eigenvalue weighted by Crippen LogP contribution is 2.10. The molecule has 1 aromatic carbocycles. The maximum absolute atomic E-state index is 11.3. The number of benzene rings is 1. The first-order valence-corrected chi connectivity index (χ1v) is 6.22. The zero-order chi connectivity index (χ0) is 13.4. The Bertz CT molecular complexity index is 396. The highest BCUT2D eigenvalue weighted by molar-refractivity contribution is 5.82. The molecule has 0 unspecified atom stereocenters. The molecular formula is C14H21N3O. The van der Waals surface area contributed by atoms with Crippen molar-refractivity contribution in [2.24, 2.45) is 5.10 Å². The van der Waals surface area contributed by atoms with Gasteiger partial charge >= 0.3 is 0 Å². The summed E-state index contributed by atoms with van der Waals surface area (Å²) < 4.78 is 0. The number of hydrogen-bond donors (Lipinski definition) is 1. The summed E-state index contributed by atoms with van der Waals surface area (Å²) in [6.45, 7) is 2.06. The number of hydrogen-bond acceptors (Lipinski definition) is 3. The van der Waals surface area contributed by atoms with Crippen molar-refractivity contribution in [3.63, 3.8) is 0 Å². The first-order valence-electron chi connectivity index (χ1n) is 6.22. The Labute approximate surface area is 109 Å². The van der Waals surface area contributed by atoms with Gasteiger partial charge in [0.25, 0.3) is 0 Å². The number of nitrogens with zero attached hydrogens (tertiary/aromatic N) is 2. The summed E-state index contributed by atoms with van der Waals surface area (Å²) in [6, 6.07) is 7.97. The smallest absolute Gasteiger partial charge is 0.240 e. The molecule has 4 heteroatoms. The van der Waals surface area contributed by atoms with Crippen molar-refractivity contribution < 1.29 is 4.79 Å². The standard InChI is InChI=1S/C14H21N3O/c1-4-5-6-14(18)16-15-11-12-7-9-13(10-8-12)17(2)3/h7-11H,4-6H2,1-3H3,(H,16,18)/b15-11-. The van der Waals surface area contributed by atoms with Gasteiger partial charge in [-0.1, -0.05) is 25.5 Å². The Balaban J connectivity index is 2.44. The Hall–Kier alpha value is -1.84. The molecule has 0 saturated heterocycles. The van der Waals surface area contributed by atoms with Crippen LogP contribution in [-0.2, 0) is 4.79 Å². The van der Waals surface area contributed by atoms with Crippen LogP contribution in [0.3, 0.4) is 0 Å². The zero-order valence-electron chi connectivity index (χ0n) is 11.3. The van der Waals surface area contributed by atoms with E-state index in [-0.39, 0.29) is 5.91 Å². The molecule has 0 saturated carbocycles. The lowest BCUT2D eigenvalue weighted by molar-refractivity contribution is -0.121. The lowest BCUT2D eigenvalue weighted by Crippen LogP contribution is -2.16. The van der Waals surface area contributed by atoms with Crippen LogP contribution >= 0.6 is 0 Å². The van der Waals surface area contributed by atoms with Crippen molar-refractivity contribution in [3.8, 4) is 0 Å². The number of rotatable bonds is 6. The van der Waals surface area contributed by atoms with Gasteiger partial charge in [-0.25, -0.2) is 5.43 Å². The molecule has 0 aliphatic carbocycles. The van der Waals surface area contributed by atoms with Gasteiger partial charge in [0, 0.05) is 26.2 Å². The summed E-state index contributed by atoms with van der Waals surface area (Å²) in [6.07, 6.45) is 4.11. The van der Waals surface area contributed by atoms with Gasteiger partial charge in [-0.05, 0) is 24.1 Å². The number of carbonyl (C=O) groups excluding carboxylic acids is 1. The number of carbonyl (C=O) groups is 1. The summed E-state index contributed by atoms with van der Waals surface area (Å²) >= 11 is 0. The number of nitrogens with one attached hydrogen (secondary N) is 1. The number of unbranched alkanes of at least 4 members (excludes halogenated alkanes) is 1. The van der Waals surface area contributed by atoms with Crippen molar-refractivity contribution >= 4 is 17.8 Å². The highest BCUT2D eigenvalue weighted by atomic mass is 16.2. The third kappa shape index (κ3) is 4.99. The van der Waals surface area contributed by atoms with Crippen LogP contribution in [0.5, 0.6) is 0 Å². The fourth-order valence-electron chi connectivity index (χ4n) is 1.43. The average Bonchev–Trinajstić information content (AvgIpc) is 2.37. The van der Waals surface area contributed by atoms with Crippen LogP contribution in [0.25, 0.3) is 0 Å². The van der Waals surface area contributed by atoms with Gasteiger partial charge in [0.1, 0.15) is 0 Å². The van der Waals surface area contributed by atoms with E-state index in [4.69, 9.17) is 0 Å². The summed E-state index contributed by atoms with van der Waals surface area (Å²) in [5.74, 6) is -0.0296. The van der Waals surface area contributed by atoms with Crippen molar-refractivity contribution in [2.45, 2.75) is 26.2 Å². The van der Waals surface area contributed by atoms with E-state index in [1.54, 1.807) is 6.21 Å². The second-order valence-corrected chi connectivity index (χ2v) is 4.38. The zero-order valence-corrected chi connectivity index (χ0v) is 11.3. The normalized spacial score (nSPS) is 10.6. The number of hydrazone groups is 1. The second kappa shape index (κ2) is 7.48. The quantitative estimate of drug-likeness (QED) is 0.619. The van der Waals surface area contributed by atoms with Crippen molar-refractivity contribution in [1.82, 2.24) is 5.43 Å². The Morgan fingerprint density at radius 1 is 1.33 bits per heavy atom. The maximum Gasteiger partial charge on any atom is 0.240 e. The molecule has 0 spiro atoms. The van der Waals surface area contributed by atoms with Crippen LogP contribution < -0.4 is 10.3 Å². The minimum Gasteiger partial charge on any atom is -0.378 e. The van der Waals surface area contributed by atoms with E-state index in [9.17, 15) is 4.79 Å². The SMILES string of the molecule is CCCCC(=O)N/N=C\c1ccc(N(C)C)cc1. The van der Waals surface area contributed by atoms with E-state index in [0.717, 1.165) is 24.1 Å². The lowest BCUT2D eigenvalue weighted by atomic mass is 10.2. The molecule has 4 nitrogen and oxygen atoms in total. The molecule has 0 aliphatic rings. The molecule has 18 heavy (non-hydrogen) atoms. The molecule has 1 N–H and O–H groups in total.